The third-order valence-electron chi connectivity index (χ3n) is 6.05. The van der Waals surface area contributed by atoms with E-state index in [0.29, 0.717) is 11.4 Å². The van der Waals surface area contributed by atoms with E-state index in [0.717, 1.165) is 11.3 Å². The fraction of sp³-hybridized carbons (Fsp3) is 0.273. The number of nitrogens with two attached hydrogens (primary N) is 2. The van der Waals surface area contributed by atoms with Gasteiger partial charge in [-0.25, -0.2) is 14.2 Å². The lowest BCUT2D eigenvalue weighted by Gasteiger charge is -1.99. The zero-order valence-electron chi connectivity index (χ0n) is 23.4. The highest BCUT2D eigenvalue weighted by atomic mass is 32.1. The van der Waals surface area contributed by atoms with Crippen LogP contribution in [0.5, 0.6) is 0 Å². The maximum absolute atomic E-state index is 12.0. The Kier molecular flexibility index (Phi) is 7.56. The molecular weight excluding hydrogens is 584 g/mol. The van der Waals surface area contributed by atoms with Gasteiger partial charge < -0.3 is 21.3 Å². The van der Waals surface area contributed by atoms with Crippen LogP contribution < -0.4 is 11.5 Å². The monoisotopic (exact) mass is 608 g/mol. The molecule has 0 spiro atoms. The number of carbonyl (C=O) groups excluding carboxylic acids is 2. The first-order valence-electron chi connectivity index (χ1n) is 12.2. The number of nitrogen functional groups attached to an aromatic ring is 2. The molecule has 0 fully saturated rings. The summed E-state index contributed by atoms with van der Waals surface area (Å²) in [4.78, 5) is 24.0. The molecule has 21 heteroatoms. The number of nitrogens with zero attached hydrogens (tertiary/aromatic N) is 14. The molecule has 0 aliphatic heterocycles. The smallest absolute Gasteiger partial charge is 0.343 e. The number of ketones is 1. The molecule has 5 aromatic heterocycles. The molecule has 0 saturated heterocycles. The molecule has 0 radical (unpaired) electrons. The number of ether oxygens (including phenoxy) is 1. The first-order chi connectivity index (χ1) is 20.5. The van der Waals surface area contributed by atoms with Crippen LogP contribution in [0.15, 0.2) is 32.9 Å². The summed E-state index contributed by atoms with van der Waals surface area (Å²) in [5.41, 5.74) is 14.3. The van der Waals surface area contributed by atoms with Crippen molar-refractivity contribution in [3.8, 4) is 10.3 Å². The molecule has 0 unspecified atom stereocenters. The van der Waals surface area contributed by atoms with Crippen molar-refractivity contribution in [2.24, 2.45) is 34.6 Å². The number of hydrogen-bond acceptors (Lipinski definition) is 17. The molecule has 5 aromatic rings. The second-order valence-electron chi connectivity index (χ2n) is 8.81. The predicted octanol–water partition coefficient (Wildman–Crippen LogP) is 1.95. The average Bonchev–Trinajstić information content (AvgIpc) is 3.80. The normalized spacial score (nSPS) is 11.8. The number of Topliss-reactive ketones (excluding diaryl/α,β-unsaturated/α-hetero) is 1. The van der Waals surface area contributed by atoms with Crippen molar-refractivity contribution in [1.29, 1.82) is 0 Å². The van der Waals surface area contributed by atoms with Crippen LogP contribution in [0.1, 0.15) is 32.1 Å². The van der Waals surface area contributed by atoms with E-state index < -0.39 is 18.4 Å². The van der Waals surface area contributed by atoms with Gasteiger partial charge in [0.05, 0.1) is 36.5 Å². The van der Waals surface area contributed by atoms with Gasteiger partial charge in [-0.3, -0.25) is 4.79 Å². The minimum absolute atomic E-state index is 0.109. The Morgan fingerprint density at radius 2 is 1.33 bits per heavy atom. The lowest BCUT2D eigenvalue weighted by atomic mass is 10.2. The molecule has 0 atom stereocenters. The fourth-order valence-electron chi connectivity index (χ4n) is 3.82. The van der Waals surface area contributed by atoms with Crippen molar-refractivity contribution in [2.75, 3.05) is 25.2 Å². The van der Waals surface area contributed by atoms with Gasteiger partial charge in [0.1, 0.15) is 12.2 Å². The van der Waals surface area contributed by atoms with Gasteiger partial charge in [-0.1, -0.05) is 11.3 Å². The Morgan fingerprint density at radius 1 is 0.860 bits per heavy atom. The number of methoxy groups -OCH3 is 1. The maximum atomic E-state index is 12.0. The highest BCUT2D eigenvalue weighted by molar-refractivity contribution is 7.16. The summed E-state index contributed by atoms with van der Waals surface area (Å²) in [5.74, 6) is -0.614. The molecule has 0 bridgehead atoms. The van der Waals surface area contributed by atoms with Crippen molar-refractivity contribution in [3.05, 3.63) is 34.9 Å². The van der Waals surface area contributed by atoms with E-state index in [1.54, 1.807) is 27.9 Å². The summed E-state index contributed by atoms with van der Waals surface area (Å²) in [5, 5.41) is 51.6. The topological polar surface area (TPSA) is 262 Å². The van der Waals surface area contributed by atoms with Crippen LogP contribution in [0.3, 0.4) is 0 Å². The lowest BCUT2D eigenvalue weighted by molar-refractivity contribution is 0.0601. The number of rotatable bonds is 9. The average molecular weight is 609 g/mol. The highest BCUT2D eigenvalue weighted by Gasteiger charge is 2.22. The number of esters is 1. The Hall–Kier alpha value is -5.70. The Bertz CT molecular complexity index is 1790. The van der Waals surface area contributed by atoms with Gasteiger partial charge in [0.15, 0.2) is 40.4 Å². The molecule has 0 aromatic carbocycles. The predicted molar refractivity (Wildman–Crippen MR) is 150 cm³/mol. The van der Waals surface area contributed by atoms with Crippen LogP contribution in [0, 0.1) is 13.8 Å². The number of azo groups is 2. The van der Waals surface area contributed by atoms with Gasteiger partial charge in [-0.05, 0) is 13.8 Å². The second-order valence-corrected chi connectivity index (χ2v) is 9.75. The van der Waals surface area contributed by atoms with Gasteiger partial charge in [-0.15, -0.1) is 30.7 Å². The summed E-state index contributed by atoms with van der Waals surface area (Å²) in [6, 6.07) is 0. The molecule has 5 heterocycles. The van der Waals surface area contributed by atoms with Crippen LogP contribution in [-0.2, 0) is 18.8 Å². The molecule has 5 N–H and O–H groups in total. The largest absolute Gasteiger partial charge is 0.465 e. The molecule has 0 saturated carbocycles. The lowest BCUT2D eigenvalue weighted by Crippen LogP contribution is -2.03. The SMILES string of the molecule is COC(=O)c1cnn(C)c1/N=N/c1c(C)nn(-c2nnc(-n3nc(C)c(/N=N/c4c(C(=O)CO)cnn4C)c3N)s2)c1N. The van der Waals surface area contributed by atoms with Crippen molar-refractivity contribution in [1.82, 2.24) is 49.3 Å². The summed E-state index contributed by atoms with van der Waals surface area (Å²) in [6.45, 7) is 2.66. The van der Waals surface area contributed by atoms with E-state index in [-0.39, 0.29) is 56.0 Å². The summed E-state index contributed by atoms with van der Waals surface area (Å²) in [7, 11) is 4.44. The molecule has 20 nitrogen and oxygen atoms in total. The van der Waals surface area contributed by atoms with Gasteiger partial charge >= 0.3 is 5.97 Å². The van der Waals surface area contributed by atoms with Gasteiger partial charge in [0, 0.05) is 14.1 Å². The van der Waals surface area contributed by atoms with Crippen LogP contribution >= 0.6 is 11.3 Å². The maximum Gasteiger partial charge on any atom is 0.343 e. The number of aliphatic hydroxyl groups excluding tert-OH is 1. The number of hydrogen-bond donors (Lipinski definition) is 3. The third kappa shape index (κ3) is 5.12. The zero-order valence-corrected chi connectivity index (χ0v) is 24.2. The van der Waals surface area contributed by atoms with E-state index in [2.05, 4.69) is 51.0 Å². The first-order valence-corrected chi connectivity index (χ1v) is 13.0. The molecular formula is C22H24N16O4S. The minimum Gasteiger partial charge on any atom is -0.465 e. The molecule has 43 heavy (non-hydrogen) atoms. The Balaban J connectivity index is 1.43. The van der Waals surface area contributed by atoms with Crippen molar-refractivity contribution >= 4 is 57.7 Å². The molecule has 0 aliphatic rings. The van der Waals surface area contributed by atoms with Crippen LogP contribution in [0.4, 0.5) is 34.6 Å². The minimum atomic E-state index is -0.696. The fourth-order valence-corrected chi connectivity index (χ4v) is 4.60. The van der Waals surface area contributed by atoms with Gasteiger partial charge in [0.2, 0.25) is 10.3 Å². The van der Waals surface area contributed by atoms with Crippen LogP contribution in [-0.4, -0.2) is 79.9 Å². The first kappa shape index (κ1) is 28.8. The molecule has 222 valence electrons. The summed E-state index contributed by atoms with van der Waals surface area (Å²) < 4.78 is 10.1. The van der Waals surface area contributed by atoms with Gasteiger partial charge in [-0.2, -0.15) is 29.8 Å². The van der Waals surface area contributed by atoms with E-state index in [1.807, 2.05) is 0 Å². The Labute approximate surface area is 245 Å². The van der Waals surface area contributed by atoms with E-state index >= 15 is 0 Å². The van der Waals surface area contributed by atoms with Crippen molar-refractivity contribution in [3.63, 3.8) is 0 Å². The van der Waals surface area contributed by atoms with E-state index in [1.165, 1.54) is 38.2 Å². The Morgan fingerprint density at radius 3 is 1.79 bits per heavy atom. The molecule has 0 amide bonds. The summed E-state index contributed by atoms with van der Waals surface area (Å²) in [6.07, 6.45) is 2.62. The molecule has 5 rings (SSSR count). The number of anilines is 2. The number of aliphatic hydroxyl groups is 1. The standard InChI is InChI=1S/C22H24N16O4S/c1-9-14(27-29-18-11(13(40)8-39)6-25-35(18)3)16(23)37(33-9)21-31-32-22(43-21)38-17(24)15(10(2)34-38)28-30-19-12(20(41)42-5)7-26-36(19)4/h6-7,39H,8,23-24H2,1-5H3/b29-27+,30-28+. The second kappa shape index (κ2) is 11.3. The van der Waals surface area contributed by atoms with E-state index in [9.17, 15) is 14.7 Å². The number of carbonyl (C=O) groups is 2. The third-order valence-corrected chi connectivity index (χ3v) is 6.92. The quantitative estimate of drug-likeness (QED) is 0.123. The van der Waals surface area contributed by atoms with Crippen LogP contribution in [0.25, 0.3) is 10.3 Å². The zero-order chi connectivity index (χ0) is 31.0. The highest BCUT2D eigenvalue weighted by Crippen LogP contribution is 2.35. The van der Waals surface area contributed by atoms with E-state index in [4.69, 9.17) is 16.2 Å². The summed E-state index contributed by atoms with van der Waals surface area (Å²) >= 11 is 1.08. The number of aryl methyl sites for hydroxylation is 4. The molecule has 0 aliphatic carbocycles. The number of aromatic nitrogens is 10. The van der Waals surface area contributed by atoms with Crippen molar-refractivity contribution in [2.45, 2.75) is 13.8 Å². The van der Waals surface area contributed by atoms with Crippen molar-refractivity contribution < 1.29 is 19.4 Å². The van der Waals surface area contributed by atoms with Crippen LogP contribution in [0.2, 0.25) is 0 Å². The van der Waals surface area contributed by atoms with Gasteiger partial charge in [0.25, 0.3) is 0 Å².